The number of hydrogen-bond acceptors (Lipinski definition) is 4. The van der Waals surface area contributed by atoms with E-state index in [1.54, 1.807) is 0 Å². The molecule has 0 fully saturated rings. The van der Waals surface area contributed by atoms with E-state index in [4.69, 9.17) is 4.74 Å². The summed E-state index contributed by atoms with van der Waals surface area (Å²) < 4.78 is 5.55. The van der Waals surface area contributed by atoms with Gasteiger partial charge < -0.3 is 4.74 Å². The van der Waals surface area contributed by atoms with Gasteiger partial charge in [0.1, 0.15) is 6.23 Å². The third-order valence-electron chi connectivity index (χ3n) is 1.85. The summed E-state index contributed by atoms with van der Waals surface area (Å²) in [4.78, 5) is 0. The van der Waals surface area contributed by atoms with Gasteiger partial charge in [-0.3, -0.25) is 16.0 Å². The molecule has 1 heterocycles. The average Bonchev–Trinajstić information content (AvgIpc) is 2.49. The lowest BCUT2D eigenvalue weighted by Crippen LogP contribution is -2.54. The molecule has 0 amide bonds. The van der Waals surface area contributed by atoms with Crippen molar-refractivity contribution in [2.24, 2.45) is 0 Å². The molecule has 1 aliphatic heterocycles. The Morgan fingerprint density at radius 2 is 1.91 bits per heavy atom. The first kappa shape index (κ1) is 8.67. The van der Waals surface area contributed by atoms with Gasteiger partial charge in [-0.25, -0.2) is 0 Å². The molecular weight excluding hydrogens is 142 g/mol. The lowest BCUT2D eigenvalue weighted by molar-refractivity contribution is -0.0688. The molecule has 1 rings (SSSR count). The number of nitrogens with one attached hydrogen (secondary N) is 3. The molecule has 1 atom stereocenters. The second-order valence-corrected chi connectivity index (χ2v) is 2.42. The zero-order chi connectivity index (χ0) is 8.32. The SMILES string of the molecule is CNC1C=CC(NC)(NC)O1. The van der Waals surface area contributed by atoms with Gasteiger partial charge in [-0.15, -0.1) is 0 Å². The van der Waals surface area contributed by atoms with Crippen molar-refractivity contribution in [1.29, 1.82) is 0 Å². The Balaban J connectivity index is 2.57. The average molecular weight is 157 g/mol. The summed E-state index contributed by atoms with van der Waals surface area (Å²) in [6, 6.07) is 0. The van der Waals surface area contributed by atoms with Crippen LogP contribution >= 0.6 is 0 Å². The Morgan fingerprint density at radius 1 is 1.27 bits per heavy atom. The fourth-order valence-corrected chi connectivity index (χ4v) is 1.07. The molecule has 4 nitrogen and oxygen atoms in total. The molecule has 64 valence electrons. The summed E-state index contributed by atoms with van der Waals surface area (Å²) in [5.74, 6) is -0.492. The van der Waals surface area contributed by atoms with E-state index >= 15 is 0 Å². The van der Waals surface area contributed by atoms with E-state index in [-0.39, 0.29) is 6.23 Å². The minimum Gasteiger partial charge on any atom is -0.322 e. The van der Waals surface area contributed by atoms with Crippen LogP contribution in [0.25, 0.3) is 0 Å². The molecule has 0 aliphatic carbocycles. The summed E-state index contributed by atoms with van der Waals surface area (Å²) in [7, 11) is 5.55. The van der Waals surface area contributed by atoms with Gasteiger partial charge in [-0.05, 0) is 33.3 Å². The topological polar surface area (TPSA) is 45.3 Å². The van der Waals surface area contributed by atoms with E-state index in [1.807, 2.05) is 33.3 Å². The fourth-order valence-electron chi connectivity index (χ4n) is 1.07. The van der Waals surface area contributed by atoms with Crippen LogP contribution in [-0.4, -0.2) is 33.2 Å². The van der Waals surface area contributed by atoms with E-state index in [0.29, 0.717) is 0 Å². The van der Waals surface area contributed by atoms with Crippen molar-refractivity contribution in [3.8, 4) is 0 Å². The van der Waals surface area contributed by atoms with Crippen molar-refractivity contribution in [3.05, 3.63) is 12.2 Å². The third-order valence-corrected chi connectivity index (χ3v) is 1.85. The first-order valence-electron chi connectivity index (χ1n) is 3.68. The van der Waals surface area contributed by atoms with Crippen LogP contribution in [0.5, 0.6) is 0 Å². The number of ether oxygens (including phenoxy) is 1. The fraction of sp³-hybridized carbons (Fsp3) is 0.714. The van der Waals surface area contributed by atoms with E-state index in [1.165, 1.54) is 0 Å². The largest absolute Gasteiger partial charge is 0.322 e. The molecule has 0 radical (unpaired) electrons. The second-order valence-electron chi connectivity index (χ2n) is 2.42. The van der Waals surface area contributed by atoms with Gasteiger partial charge in [0.05, 0.1) is 0 Å². The Bertz CT molecular complexity index is 154. The van der Waals surface area contributed by atoms with Gasteiger partial charge >= 0.3 is 0 Å². The van der Waals surface area contributed by atoms with Crippen molar-refractivity contribution in [1.82, 2.24) is 16.0 Å². The van der Waals surface area contributed by atoms with E-state index in [0.717, 1.165) is 0 Å². The summed E-state index contributed by atoms with van der Waals surface area (Å²) in [5.41, 5.74) is 0. The molecule has 1 unspecified atom stereocenters. The van der Waals surface area contributed by atoms with E-state index < -0.39 is 5.85 Å². The van der Waals surface area contributed by atoms with Crippen LogP contribution in [0.15, 0.2) is 12.2 Å². The van der Waals surface area contributed by atoms with Crippen LogP contribution in [-0.2, 0) is 4.74 Å². The maximum atomic E-state index is 5.55. The first-order chi connectivity index (χ1) is 5.26. The Morgan fingerprint density at radius 3 is 2.18 bits per heavy atom. The molecule has 4 heteroatoms. The molecule has 0 saturated carbocycles. The smallest absolute Gasteiger partial charge is 0.196 e. The molecule has 0 aromatic carbocycles. The van der Waals surface area contributed by atoms with E-state index in [9.17, 15) is 0 Å². The molecule has 0 aromatic rings. The van der Waals surface area contributed by atoms with Gasteiger partial charge in [-0.1, -0.05) is 0 Å². The standard InChI is InChI=1S/C7H15N3O/c1-8-6-4-5-7(9-2,10-3)11-6/h4-6,8-10H,1-3H3. The van der Waals surface area contributed by atoms with Gasteiger partial charge in [0.15, 0.2) is 5.85 Å². The first-order valence-corrected chi connectivity index (χ1v) is 3.68. The van der Waals surface area contributed by atoms with Crippen molar-refractivity contribution in [2.45, 2.75) is 12.1 Å². The van der Waals surface area contributed by atoms with Gasteiger partial charge in [0.25, 0.3) is 0 Å². The highest BCUT2D eigenvalue weighted by Crippen LogP contribution is 2.14. The van der Waals surface area contributed by atoms with Crippen LogP contribution in [0.3, 0.4) is 0 Å². The summed E-state index contributed by atoms with van der Waals surface area (Å²) in [6.07, 6.45) is 3.91. The molecule has 0 aromatic heterocycles. The maximum absolute atomic E-state index is 5.55. The quantitative estimate of drug-likeness (QED) is 0.371. The molecular formula is C7H15N3O. The monoisotopic (exact) mass is 157 g/mol. The Hall–Kier alpha value is -0.420. The van der Waals surface area contributed by atoms with Crippen LogP contribution in [0.2, 0.25) is 0 Å². The molecule has 3 N–H and O–H groups in total. The molecule has 11 heavy (non-hydrogen) atoms. The van der Waals surface area contributed by atoms with Crippen molar-refractivity contribution < 1.29 is 4.74 Å². The van der Waals surface area contributed by atoms with Crippen molar-refractivity contribution >= 4 is 0 Å². The minimum atomic E-state index is -0.492. The summed E-state index contributed by atoms with van der Waals surface area (Å²) in [6.45, 7) is 0. The van der Waals surface area contributed by atoms with Crippen molar-refractivity contribution in [3.63, 3.8) is 0 Å². The van der Waals surface area contributed by atoms with Crippen LogP contribution in [0.1, 0.15) is 0 Å². The van der Waals surface area contributed by atoms with Gasteiger partial charge in [0, 0.05) is 0 Å². The molecule has 1 aliphatic rings. The maximum Gasteiger partial charge on any atom is 0.196 e. The predicted molar refractivity (Wildman–Crippen MR) is 43.9 cm³/mol. The van der Waals surface area contributed by atoms with E-state index in [2.05, 4.69) is 16.0 Å². The van der Waals surface area contributed by atoms with Crippen molar-refractivity contribution in [2.75, 3.05) is 21.1 Å². The van der Waals surface area contributed by atoms with Gasteiger partial charge in [-0.2, -0.15) is 0 Å². The highest BCUT2D eigenvalue weighted by molar-refractivity contribution is 5.07. The predicted octanol–water partition coefficient (Wildman–Crippen LogP) is -0.789. The second kappa shape index (κ2) is 3.32. The highest BCUT2D eigenvalue weighted by atomic mass is 16.6. The van der Waals surface area contributed by atoms with Crippen LogP contribution in [0.4, 0.5) is 0 Å². The Kier molecular flexibility index (Phi) is 2.62. The lowest BCUT2D eigenvalue weighted by atomic mass is 10.4. The summed E-state index contributed by atoms with van der Waals surface area (Å²) >= 11 is 0. The molecule has 0 saturated heterocycles. The summed E-state index contributed by atoms with van der Waals surface area (Å²) in [5, 5.41) is 9.06. The minimum absolute atomic E-state index is 0.00472. The Labute approximate surface area is 67.0 Å². The highest BCUT2D eigenvalue weighted by Gasteiger charge is 2.31. The third kappa shape index (κ3) is 1.59. The molecule has 0 bridgehead atoms. The number of rotatable bonds is 3. The van der Waals surface area contributed by atoms with Crippen LogP contribution in [0, 0.1) is 0 Å². The number of hydrogen-bond donors (Lipinski definition) is 3. The number of likely N-dealkylation sites (N-methyl/N-ethyl adjacent to an activating group) is 3. The molecule has 0 spiro atoms. The lowest BCUT2D eigenvalue weighted by Gasteiger charge is -2.27. The normalized spacial score (nSPS) is 27.7. The zero-order valence-corrected chi connectivity index (χ0v) is 7.14. The van der Waals surface area contributed by atoms with Gasteiger partial charge in [0.2, 0.25) is 0 Å². The zero-order valence-electron chi connectivity index (χ0n) is 7.14. The van der Waals surface area contributed by atoms with Crippen LogP contribution < -0.4 is 16.0 Å².